The van der Waals surface area contributed by atoms with Gasteiger partial charge in [-0.25, -0.2) is 0 Å². The van der Waals surface area contributed by atoms with Crippen LogP contribution in [-0.2, 0) is 13.1 Å². The molecule has 0 radical (unpaired) electrons. The zero-order chi connectivity index (χ0) is 13.4. The second-order valence-corrected chi connectivity index (χ2v) is 5.50. The average molecular weight is 370 g/mol. The molecule has 19 heavy (non-hydrogen) atoms. The number of carbonyl (C=O) groups excluding carboxylic acids is 1. The van der Waals surface area contributed by atoms with Crippen LogP contribution in [0, 0.1) is 3.57 Å². The average Bonchev–Trinajstić information content (AvgIpc) is 2.88. The van der Waals surface area contributed by atoms with E-state index >= 15 is 0 Å². The topological polar surface area (TPSA) is 71.2 Å². The van der Waals surface area contributed by atoms with Gasteiger partial charge in [0, 0.05) is 18.7 Å². The van der Waals surface area contributed by atoms with Crippen molar-refractivity contribution in [1.82, 2.24) is 19.7 Å². The summed E-state index contributed by atoms with van der Waals surface area (Å²) in [5.41, 5.74) is 0.492. The van der Waals surface area contributed by atoms with E-state index in [0.29, 0.717) is 25.2 Å². The summed E-state index contributed by atoms with van der Waals surface area (Å²) in [6.07, 6.45) is 1.67. The first-order valence-electron chi connectivity index (χ1n) is 5.79. The van der Waals surface area contributed by atoms with Crippen LogP contribution in [0.15, 0.2) is 24.5 Å². The lowest BCUT2D eigenvalue weighted by molar-refractivity contribution is 0.0707. The number of phenolic OH excluding ortho intramolecular Hbond substituents is 1. The van der Waals surface area contributed by atoms with Gasteiger partial charge in [0.1, 0.15) is 12.1 Å². The van der Waals surface area contributed by atoms with Crippen LogP contribution >= 0.6 is 22.6 Å². The monoisotopic (exact) mass is 370 g/mol. The van der Waals surface area contributed by atoms with Crippen molar-refractivity contribution >= 4 is 28.5 Å². The maximum Gasteiger partial charge on any atom is 0.254 e. The van der Waals surface area contributed by atoms with Gasteiger partial charge in [-0.05, 0) is 40.8 Å². The maximum absolute atomic E-state index is 12.3. The van der Waals surface area contributed by atoms with Gasteiger partial charge in [-0.1, -0.05) is 0 Å². The molecule has 0 saturated heterocycles. The normalized spacial score (nSPS) is 14.3. The second-order valence-electron chi connectivity index (χ2n) is 4.33. The van der Waals surface area contributed by atoms with Crippen LogP contribution in [0.5, 0.6) is 5.75 Å². The van der Waals surface area contributed by atoms with Crippen molar-refractivity contribution < 1.29 is 9.90 Å². The van der Waals surface area contributed by atoms with Gasteiger partial charge in [-0.2, -0.15) is 0 Å². The van der Waals surface area contributed by atoms with E-state index in [0.717, 1.165) is 9.39 Å². The van der Waals surface area contributed by atoms with Crippen molar-refractivity contribution in [3.05, 3.63) is 39.5 Å². The summed E-state index contributed by atoms with van der Waals surface area (Å²) in [5.74, 6) is 0.821. The highest BCUT2D eigenvalue weighted by molar-refractivity contribution is 14.1. The molecule has 0 bridgehead atoms. The molecule has 1 aliphatic rings. The third-order valence-electron chi connectivity index (χ3n) is 3.12. The summed E-state index contributed by atoms with van der Waals surface area (Å²) in [6.45, 7) is 1.77. The molecule has 1 aliphatic heterocycles. The van der Waals surface area contributed by atoms with Gasteiger partial charge in [0.2, 0.25) is 0 Å². The number of hydrogen-bond acceptors (Lipinski definition) is 4. The Kier molecular flexibility index (Phi) is 3.13. The predicted molar refractivity (Wildman–Crippen MR) is 75.6 cm³/mol. The van der Waals surface area contributed by atoms with Gasteiger partial charge >= 0.3 is 0 Å². The Morgan fingerprint density at radius 1 is 1.37 bits per heavy atom. The van der Waals surface area contributed by atoms with Crippen molar-refractivity contribution in [2.24, 2.45) is 0 Å². The zero-order valence-electron chi connectivity index (χ0n) is 9.95. The number of rotatable bonds is 1. The summed E-state index contributed by atoms with van der Waals surface area (Å²) in [5, 5.41) is 17.5. The van der Waals surface area contributed by atoms with Crippen molar-refractivity contribution in [3.63, 3.8) is 0 Å². The Labute approximate surface area is 123 Å². The van der Waals surface area contributed by atoms with Crippen LogP contribution in [0.25, 0.3) is 0 Å². The van der Waals surface area contributed by atoms with Crippen molar-refractivity contribution in [3.8, 4) is 5.75 Å². The molecule has 1 aromatic heterocycles. The number of aromatic hydroxyl groups is 1. The van der Waals surface area contributed by atoms with Crippen LogP contribution in [0.3, 0.4) is 0 Å². The molecular weight excluding hydrogens is 359 g/mol. The molecule has 98 valence electrons. The minimum Gasteiger partial charge on any atom is -0.507 e. The summed E-state index contributed by atoms with van der Waals surface area (Å²) in [6, 6.07) is 4.96. The molecule has 1 amide bonds. The van der Waals surface area contributed by atoms with Crippen molar-refractivity contribution in [1.29, 1.82) is 0 Å². The first-order valence-corrected chi connectivity index (χ1v) is 6.87. The van der Waals surface area contributed by atoms with Crippen LogP contribution in [0.4, 0.5) is 0 Å². The molecule has 0 aliphatic carbocycles. The van der Waals surface area contributed by atoms with Gasteiger partial charge in [-0.15, -0.1) is 10.2 Å². The third kappa shape index (κ3) is 2.29. The van der Waals surface area contributed by atoms with Gasteiger partial charge < -0.3 is 14.6 Å². The summed E-state index contributed by atoms with van der Waals surface area (Å²) in [4.78, 5) is 14.1. The molecule has 0 fully saturated rings. The lowest BCUT2D eigenvalue weighted by Crippen LogP contribution is -2.38. The molecule has 0 spiro atoms. The number of phenols is 1. The molecule has 1 N–H and O–H groups in total. The minimum atomic E-state index is -0.0963. The molecule has 2 heterocycles. The third-order valence-corrected chi connectivity index (χ3v) is 4.03. The molecule has 0 unspecified atom stereocenters. The van der Waals surface area contributed by atoms with Crippen molar-refractivity contribution in [2.45, 2.75) is 13.1 Å². The number of hydrogen-bond donors (Lipinski definition) is 1. The number of nitrogens with zero attached hydrogens (tertiary/aromatic N) is 4. The molecule has 7 heteroatoms. The van der Waals surface area contributed by atoms with E-state index in [9.17, 15) is 9.90 Å². The number of benzene rings is 1. The van der Waals surface area contributed by atoms with E-state index in [4.69, 9.17) is 0 Å². The largest absolute Gasteiger partial charge is 0.507 e. The minimum absolute atomic E-state index is 0.0963. The van der Waals surface area contributed by atoms with E-state index in [1.807, 2.05) is 27.2 Å². The summed E-state index contributed by atoms with van der Waals surface area (Å²) in [7, 11) is 0. The van der Waals surface area contributed by atoms with Crippen LogP contribution < -0.4 is 0 Å². The quantitative estimate of drug-likeness (QED) is 0.767. The van der Waals surface area contributed by atoms with E-state index < -0.39 is 0 Å². The predicted octanol–water partition coefficient (Wildman–Crippen LogP) is 1.24. The maximum atomic E-state index is 12.3. The zero-order valence-corrected chi connectivity index (χ0v) is 12.1. The first kappa shape index (κ1) is 12.4. The van der Waals surface area contributed by atoms with E-state index in [1.165, 1.54) is 6.07 Å². The molecule has 0 atom stereocenters. The molecular formula is C12H11IN4O2. The molecule has 6 nitrogen and oxygen atoms in total. The molecule has 2 aromatic rings. The van der Waals surface area contributed by atoms with Gasteiger partial charge in [-0.3, -0.25) is 4.79 Å². The van der Waals surface area contributed by atoms with E-state index in [2.05, 4.69) is 10.2 Å². The molecule has 0 saturated carbocycles. The standard InChI is InChI=1S/C12H11IN4O2/c13-9-2-1-8(5-10(9)18)12(19)16-3-4-17-7-14-15-11(17)6-16/h1-2,5,7,18H,3-4,6H2. The van der Waals surface area contributed by atoms with Crippen molar-refractivity contribution in [2.75, 3.05) is 6.54 Å². The Morgan fingerprint density at radius 3 is 3.00 bits per heavy atom. The van der Waals surface area contributed by atoms with Gasteiger partial charge in [0.25, 0.3) is 5.91 Å². The van der Waals surface area contributed by atoms with Crippen LogP contribution in [0.1, 0.15) is 16.2 Å². The highest BCUT2D eigenvalue weighted by Crippen LogP contribution is 2.22. The Bertz CT molecular complexity index is 640. The number of halogens is 1. The number of amides is 1. The highest BCUT2D eigenvalue weighted by atomic mass is 127. The highest BCUT2D eigenvalue weighted by Gasteiger charge is 2.23. The summed E-state index contributed by atoms with van der Waals surface area (Å²) >= 11 is 2.02. The molecule has 1 aromatic carbocycles. The lowest BCUT2D eigenvalue weighted by atomic mass is 10.1. The number of carbonyl (C=O) groups is 1. The Balaban J connectivity index is 1.83. The van der Waals surface area contributed by atoms with Crippen LogP contribution in [-0.4, -0.2) is 37.2 Å². The SMILES string of the molecule is O=C(c1ccc(I)c(O)c1)N1CCn2cnnc2C1. The smallest absolute Gasteiger partial charge is 0.254 e. The van der Waals surface area contributed by atoms with E-state index in [-0.39, 0.29) is 11.7 Å². The van der Waals surface area contributed by atoms with E-state index in [1.54, 1.807) is 23.4 Å². The number of aromatic nitrogens is 3. The van der Waals surface area contributed by atoms with Gasteiger partial charge in [0.05, 0.1) is 10.1 Å². The number of fused-ring (bicyclic) bond motifs is 1. The Morgan fingerprint density at radius 2 is 2.21 bits per heavy atom. The lowest BCUT2D eigenvalue weighted by Gasteiger charge is -2.27. The fourth-order valence-electron chi connectivity index (χ4n) is 2.07. The second kappa shape index (κ2) is 4.80. The Hall–Kier alpha value is -1.64. The first-order chi connectivity index (χ1) is 9.15. The fourth-order valence-corrected chi connectivity index (χ4v) is 2.40. The summed E-state index contributed by atoms with van der Waals surface area (Å²) < 4.78 is 2.67. The van der Waals surface area contributed by atoms with Crippen LogP contribution in [0.2, 0.25) is 0 Å². The van der Waals surface area contributed by atoms with Gasteiger partial charge in [0.15, 0.2) is 5.82 Å². The molecule has 3 rings (SSSR count). The fraction of sp³-hybridized carbons (Fsp3) is 0.250.